The predicted molar refractivity (Wildman–Crippen MR) is 101 cm³/mol. The van der Waals surface area contributed by atoms with E-state index in [0.717, 1.165) is 62.4 Å². The van der Waals surface area contributed by atoms with Gasteiger partial charge in [0.05, 0.1) is 0 Å². The Balaban J connectivity index is 1.52. The molecule has 1 saturated carbocycles. The first-order chi connectivity index (χ1) is 12.0. The molecule has 0 N–H and O–H groups in total. The first kappa shape index (κ1) is 18.0. The van der Waals surface area contributed by atoms with Crippen LogP contribution in [0, 0.1) is 12.8 Å². The molecule has 0 bridgehead atoms. The molecule has 1 aliphatic carbocycles. The van der Waals surface area contributed by atoms with E-state index < -0.39 is 0 Å². The average molecular weight is 345 g/mol. The number of piperazine rings is 1. The Morgan fingerprint density at radius 1 is 1.16 bits per heavy atom. The summed E-state index contributed by atoms with van der Waals surface area (Å²) in [6, 6.07) is 1.99. The molecule has 0 radical (unpaired) electrons. The molecule has 2 fully saturated rings. The van der Waals surface area contributed by atoms with Gasteiger partial charge >= 0.3 is 0 Å². The molecule has 0 unspecified atom stereocenters. The first-order valence-corrected chi connectivity index (χ1v) is 9.58. The standard InChI is InChI=1S/C19H31N5O/c1-15-14-17(22(2)3)21-19(20-15)24-12-10-23(11-13-24)18(25)9-8-16-6-4-5-7-16/h14,16H,4-13H2,1-3H3. The Kier molecular flexibility index (Phi) is 5.76. The molecule has 1 aromatic rings. The van der Waals surface area contributed by atoms with Crippen LogP contribution in [-0.2, 0) is 4.79 Å². The van der Waals surface area contributed by atoms with E-state index in [9.17, 15) is 4.79 Å². The van der Waals surface area contributed by atoms with Crippen molar-refractivity contribution in [1.82, 2.24) is 14.9 Å². The predicted octanol–water partition coefficient (Wildman–Crippen LogP) is 2.47. The minimum absolute atomic E-state index is 0.325. The van der Waals surface area contributed by atoms with Gasteiger partial charge in [0.2, 0.25) is 11.9 Å². The maximum absolute atomic E-state index is 12.5. The maximum atomic E-state index is 12.5. The Labute approximate surface area is 151 Å². The van der Waals surface area contributed by atoms with Gasteiger partial charge in [0.25, 0.3) is 0 Å². The summed E-state index contributed by atoms with van der Waals surface area (Å²) in [4.78, 5) is 27.9. The fourth-order valence-electron chi connectivity index (χ4n) is 3.85. The van der Waals surface area contributed by atoms with Gasteiger partial charge in [0.15, 0.2) is 0 Å². The van der Waals surface area contributed by atoms with Crippen LogP contribution >= 0.6 is 0 Å². The molecule has 2 heterocycles. The molecular formula is C19H31N5O. The van der Waals surface area contributed by atoms with Crippen molar-refractivity contribution in [2.24, 2.45) is 5.92 Å². The lowest BCUT2D eigenvalue weighted by Crippen LogP contribution is -2.49. The highest BCUT2D eigenvalue weighted by Crippen LogP contribution is 2.28. The van der Waals surface area contributed by atoms with Gasteiger partial charge in [-0.1, -0.05) is 25.7 Å². The van der Waals surface area contributed by atoms with Gasteiger partial charge in [-0.25, -0.2) is 4.98 Å². The minimum Gasteiger partial charge on any atom is -0.363 e. The third-order valence-corrected chi connectivity index (χ3v) is 5.44. The first-order valence-electron chi connectivity index (χ1n) is 9.58. The number of carbonyl (C=O) groups excluding carboxylic acids is 1. The molecular weight excluding hydrogens is 314 g/mol. The van der Waals surface area contributed by atoms with E-state index in [1.165, 1.54) is 25.7 Å². The van der Waals surface area contributed by atoms with Crippen LogP contribution in [0.25, 0.3) is 0 Å². The summed E-state index contributed by atoms with van der Waals surface area (Å²) < 4.78 is 0. The van der Waals surface area contributed by atoms with E-state index in [0.29, 0.717) is 5.91 Å². The summed E-state index contributed by atoms with van der Waals surface area (Å²) in [6.07, 6.45) is 7.13. The summed E-state index contributed by atoms with van der Waals surface area (Å²) in [6.45, 7) is 5.17. The van der Waals surface area contributed by atoms with E-state index >= 15 is 0 Å². The summed E-state index contributed by atoms with van der Waals surface area (Å²) in [5, 5.41) is 0. The number of aryl methyl sites for hydroxylation is 1. The van der Waals surface area contributed by atoms with Crippen molar-refractivity contribution in [2.45, 2.75) is 45.4 Å². The van der Waals surface area contributed by atoms with Crippen molar-refractivity contribution < 1.29 is 4.79 Å². The Morgan fingerprint density at radius 3 is 2.48 bits per heavy atom. The van der Waals surface area contributed by atoms with Crippen LogP contribution in [-0.4, -0.2) is 61.0 Å². The number of carbonyl (C=O) groups is 1. The summed E-state index contributed by atoms with van der Waals surface area (Å²) in [5.74, 6) is 2.82. The van der Waals surface area contributed by atoms with Gasteiger partial charge in [-0.15, -0.1) is 0 Å². The quantitative estimate of drug-likeness (QED) is 0.820. The normalized spacial score (nSPS) is 18.7. The smallest absolute Gasteiger partial charge is 0.227 e. The van der Waals surface area contributed by atoms with Crippen LogP contribution in [0.1, 0.15) is 44.2 Å². The average Bonchev–Trinajstić information content (AvgIpc) is 3.13. The van der Waals surface area contributed by atoms with Crippen molar-refractivity contribution in [3.8, 4) is 0 Å². The summed E-state index contributed by atoms with van der Waals surface area (Å²) in [5.41, 5.74) is 0.976. The van der Waals surface area contributed by atoms with Gasteiger partial charge in [0, 0.05) is 58.5 Å². The lowest BCUT2D eigenvalue weighted by atomic mass is 10.0. The van der Waals surface area contributed by atoms with Crippen LogP contribution in [0.5, 0.6) is 0 Å². The Bertz CT molecular complexity index is 589. The number of hydrogen-bond donors (Lipinski definition) is 0. The number of hydrogen-bond acceptors (Lipinski definition) is 5. The van der Waals surface area contributed by atoms with Gasteiger partial charge in [-0.2, -0.15) is 4.98 Å². The number of amides is 1. The minimum atomic E-state index is 0.325. The zero-order valence-corrected chi connectivity index (χ0v) is 15.9. The molecule has 2 aliphatic rings. The third kappa shape index (κ3) is 4.61. The second-order valence-electron chi connectivity index (χ2n) is 7.62. The number of aromatic nitrogens is 2. The molecule has 1 aliphatic heterocycles. The van der Waals surface area contributed by atoms with Crippen LogP contribution in [0.4, 0.5) is 11.8 Å². The molecule has 1 amide bonds. The second-order valence-corrected chi connectivity index (χ2v) is 7.62. The van der Waals surface area contributed by atoms with E-state index in [2.05, 4.69) is 14.9 Å². The van der Waals surface area contributed by atoms with E-state index in [1.807, 2.05) is 36.9 Å². The van der Waals surface area contributed by atoms with Gasteiger partial charge in [-0.3, -0.25) is 4.79 Å². The third-order valence-electron chi connectivity index (χ3n) is 5.44. The Morgan fingerprint density at radius 2 is 1.84 bits per heavy atom. The summed E-state index contributed by atoms with van der Waals surface area (Å²) >= 11 is 0. The Hall–Kier alpha value is -1.85. The zero-order chi connectivity index (χ0) is 17.8. The molecule has 6 heteroatoms. The van der Waals surface area contributed by atoms with Crippen molar-refractivity contribution in [3.05, 3.63) is 11.8 Å². The molecule has 25 heavy (non-hydrogen) atoms. The zero-order valence-electron chi connectivity index (χ0n) is 15.9. The molecule has 0 aromatic carbocycles. The van der Waals surface area contributed by atoms with E-state index in [-0.39, 0.29) is 0 Å². The van der Waals surface area contributed by atoms with Crippen molar-refractivity contribution >= 4 is 17.7 Å². The fourth-order valence-corrected chi connectivity index (χ4v) is 3.85. The molecule has 3 rings (SSSR count). The molecule has 6 nitrogen and oxygen atoms in total. The van der Waals surface area contributed by atoms with Crippen LogP contribution in [0.15, 0.2) is 6.07 Å². The largest absolute Gasteiger partial charge is 0.363 e. The van der Waals surface area contributed by atoms with Crippen molar-refractivity contribution in [2.75, 3.05) is 50.1 Å². The highest BCUT2D eigenvalue weighted by atomic mass is 16.2. The van der Waals surface area contributed by atoms with E-state index in [4.69, 9.17) is 0 Å². The number of anilines is 2. The van der Waals surface area contributed by atoms with Crippen LogP contribution in [0.3, 0.4) is 0 Å². The van der Waals surface area contributed by atoms with Crippen LogP contribution in [0.2, 0.25) is 0 Å². The molecule has 1 aromatic heterocycles. The van der Waals surface area contributed by atoms with Gasteiger partial charge in [0.1, 0.15) is 5.82 Å². The lowest BCUT2D eigenvalue weighted by molar-refractivity contribution is -0.131. The highest BCUT2D eigenvalue weighted by Gasteiger charge is 2.24. The van der Waals surface area contributed by atoms with Crippen molar-refractivity contribution in [1.29, 1.82) is 0 Å². The SMILES string of the molecule is Cc1cc(N(C)C)nc(N2CCN(C(=O)CCC3CCCC3)CC2)n1. The lowest BCUT2D eigenvalue weighted by Gasteiger charge is -2.35. The topological polar surface area (TPSA) is 52.6 Å². The molecule has 1 saturated heterocycles. The second kappa shape index (κ2) is 8.02. The van der Waals surface area contributed by atoms with Gasteiger partial charge in [-0.05, 0) is 19.3 Å². The molecule has 0 atom stereocenters. The maximum Gasteiger partial charge on any atom is 0.227 e. The number of nitrogens with zero attached hydrogens (tertiary/aromatic N) is 5. The molecule has 0 spiro atoms. The van der Waals surface area contributed by atoms with E-state index in [1.54, 1.807) is 0 Å². The van der Waals surface area contributed by atoms with Crippen LogP contribution < -0.4 is 9.80 Å². The van der Waals surface area contributed by atoms with Gasteiger partial charge < -0.3 is 14.7 Å². The summed E-state index contributed by atoms with van der Waals surface area (Å²) in [7, 11) is 3.99. The number of rotatable bonds is 5. The highest BCUT2D eigenvalue weighted by molar-refractivity contribution is 5.76. The van der Waals surface area contributed by atoms with Crippen molar-refractivity contribution in [3.63, 3.8) is 0 Å². The fraction of sp³-hybridized carbons (Fsp3) is 0.737. The molecule has 138 valence electrons. The monoisotopic (exact) mass is 345 g/mol.